The summed E-state index contributed by atoms with van der Waals surface area (Å²) >= 11 is 3.33. The fourth-order valence-electron chi connectivity index (χ4n) is 4.10. The first-order valence-electron chi connectivity index (χ1n) is 12.3. The Kier molecular flexibility index (Phi) is 8.80. The molecule has 0 unspecified atom stereocenters. The van der Waals surface area contributed by atoms with E-state index in [9.17, 15) is 23.2 Å². The molecular formula is C26H28BrF2N2O7P. The lowest BCUT2D eigenvalue weighted by Gasteiger charge is -2.24. The van der Waals surface area contributed by atoms with Crippen molar-refractivity contribution in [2.24, 2.45) is 0 Å². The van der Waals surface area contributed by atoms with Crippen molar-refractivity contribution in [3.8, 4) is 17.0 Å². The van der Waals surface area contributed by atoms with Gasteiger partial charge in [0.2, 0.25) is 0 Å². The van der Waals surface area contributed by atoms with Crippen LogP contribution in [0.1, 0.15) is 50.8 Å². The van der Waals surface area contributed by atoms with E-state index >= 15 is 0 Å². The summed E-state index contributed by atoms with van der Waals surface area (Å²) in [5.41, 5.74) is 1.14. The van der Waals surface area contributed by atoms with Gasteiger partial charge in [0.05, 0.1) is 25.0 Å². The van der Waals surface area contributed by atoms with Gasteiger partial charge < -0.3 is 9.47 Å². The van der Waals surface area contributed by atoms with Crippen molar-refractivity contribution in [2.45, 2.75) is 58.0 Å². The Morgan fingerprint density at radius 2 is 1.79 bits per heavy atom. The maximum atomic E-state index is 13.3. The van der Waals surface area contributed by atoms with Crippen LogP contribution in [0, 0.1) is 0 Å². The van der Waals surface area contributed by atoms with Crippen LogP contribution in [0.25, 0.3) is 11.3 Å². The number of halogens is 3. The Morgan fingerprint density at radius 1 is 1.13 bits per heavy atom. The van der Waals surface area contributed by atoms with Crippen molar-refractivity contribution in [2.75, 3.05) is 6.61 Å². The van der Waals surface area contributed by atoms with Crippen molar-refractivity contribution in [1.82, 2.24) is 9.13 Å². The van der Waals surface area contributed by atoms with E-state index in [1.54, 1.807) is 54.2 Å². The summed E-state index contributed by atoms with van der Waals surface area (Å²) in [6.45, 7) is 5.44. The molecule has 0 atom stereocenters. The summed E-state index contributed by atoms with van der Waals surface area (Å²) in [6, 6.07) is 12.1. The Hall–Kier alpha value is -2.79. The zero-order valence-corrected chi connectivity index (χ0v) is 24.0. The minimum Gasteiger partial charge on any atom is -0.476 e. The van der Waals surface area contributed by atoms with Gasteiger partial charge in [0, 0.05) is 22.3 Å². The number of carbonyl (C=O) groups excluding carboxylic acids is 1. The Bertz CT molecular complexity index is 1440. The van der Waals surface area contributed by atoms with Gasteiger partial charge in [-0.2, -0.15) is 0 Å². The lowest BCUT2D eigenvalue weighted by Crippen LogP contribution is -2.39. The highest BCUT2D eigenvalue weighted by atomic mass is 79.9. The molecule has 4 rings (SSSR count). The van der Waals surface area contributed by atoms with Crippen LogP contribution in [0.15, 0.2) is 57.9 Å². The van der Waals surface area contributed by atoms with E-state index in [1.807, 2.05) is 18.3 Å². The summed E-state index contributed by atoms with van der Waals surface area (Å²) in [5.74, 6) is -0.00230. The van der Waals surface area contributed by atoms with Crippen LogP contribution in [0.4, 0.5) is 9.05 Å². The van der Waals surface area contributed by atoms with Gasteiger partial charge >= 0.3 is 19.3 Å². The van der Waals surface area contributed by atoms with Gasteiger partial charge in [-0.15, -0.1) is 9.46 Å². The number of aromatic nitrogens is 2. The second kappa shape index (κ2) is 11.8. The number of hydrogen-bond acceptors (Lipinski definition) is 7. The number of rotatable bonds is 12. The van der Waals surface area contributed by atoms with Crippen LogP contribution in [0.2, 0.25) is 0 Å². The van der Waals surface area contributed by atoms with Gasteiger partial charge in [0.25, 0.3) is 0 Å². The normalized spacial score (nSPS) is 13.9. The number of esters is 1. The molecule has 2 aromatic carbocycles. The van der Waals surface area contributed by atoms with E-state index in [0.29, 0.717) is 21.5 Å². The van der Waals surface area contributed by atoms with Gasteiger partial charge in [-0.25, -0.2) is 9.59 Å². The molecule has 1 aromatic heterocycles. The molecule has 1 saturated carbocycles. The Morgan fingerprint density at radius 3 is 2.36 bits per heavy atom. The molecule has 0 bridgehead atoms. The molecule has 3 aromatic rings. The molecule has 210 valence electrons. The van der Waals surface area contributed by atoms with Gasteiger partial charge in [-0.05, 0) is 84.1 Å². The largest absolute Gasteiger partial charge is 0.476 e. The minimum atomic E-state index is -4.55. The first-order valence-corrected chi connectivity index (χ1v) is 14.8. The maximum Gasteiger partial charge on any atom is 0.399 e. The SMILES string of the molecule is CCOC(=O)C(C)(C)Oc1ccc(-c2cn(C3CC3)c(=O)n2Cc2ccc(CP(=O)(OF)OF)c(Br)c2)cc1. The van der Waals surface area contributed by atoms with E-state index in [-0.39, 0.29) is 24.9 Å². The molecule has 0 radical (unpaired) electrons. The standard InChI is InChI=1S/C26H28BrF2N2O7P/c1-4-35-24(32)26(2,3)36-21-11-7-18(8-12-21)23-15-30(20-9-10-20)25(33)31(23)14-17-5-6-19(22(27)13-17)16-39(34,37-28)38-29/h5-8,11-13,15,20H,4,9-10,14,16H2,1-3H3. The van der Waals surface area contributed by atoms with Gasteiger partial charge in [0.1, 0.15) is 5.75 Å². The summed E-state index contributed by atoms with van der Waals surface area (Å²) in [7, 11) is -4.55. The molecular weight excluding hydrogens is 601 g/mol. The van der Waals surface area contributed by atoms with Crippen LogP contribution in [-0.4, -0.2) is 27.3 Å². The van der Waals surface area contributed by atoms with Crippen molar-refractivity contribution in [1.29, 1.82) is 0 Å². The molecule has 9 nitrogen and oxygen atoms in total. The molecule has 0 N–H and O–H groups in total. The monoisotopic (exact) mass is 628 g/mol. The predicted molar refractivity (Wildman–Crippen MR) is 143 cm³/mol. The van der Waals surface area contributed by atoms with Crippen LogP contribution >= 0.6 is 23.5 Å². The zero-order valence-electron chi connectivity index (χ0n) is 21.6. The Labute approximate surface area is 232 Å². The second-order valence-corrected chi connectivity index (χ2v) is 12.4. The lowest BCUT2D eigenvalue weighted by atomic mass is 10.1. The van der Waals surface area contributed by atoms with Gasteiger partial charge in [-0.1, -0.05) is 28.1 Å². The average molecular weight is 629 g/mol. The molecule has 1 aliphatic carbocycles. The number of imidazole rings is 1. The number of benzene rings is 2. The Balaban J connectivity index is 1.61. The topological polar surface area (TPSA) is 98.0 Å². The van der Waals surface area contributed by atoms with Gasteiger partial charge in [0.15, 0.2) is 5.60 Å². The minimum absolute atomic E-state index is 0.148. The number of hydrogen-bond donors (Lipinski definition) is 0. The van der Waals surface area contributed by atoms with E-state index in [4.69, 9.17) is 9.47 Å². The zero-order chi connectivity index (χ0) is 28.4. The second-order valence-electron chi connectivity index (χ2n) is 9.71. The first-order chi connectivity index (χ1) is 18.5. The quantitative estimate of drug-likeness (QED) is 0.163. The molecule has 0 saturated heterocycles. The van der Waals surface area contributed by atoms with E-state index in [0.717, 1.165) is 24.0 Å². The molecule has 0 spiro atoms. The molecule has 1 heterocycles. The first kappa shape index (κ1) is 29.2. The smallest absolute Gasteiger partial charge is 0.399 e. The van der Waals surface area contributed by atoms with Crippen LogP contribution in [0.3, 0.4) is 0 Å². The van der Waals surface area contributed by atoms with Crippen LogP contribution in [0.5, 0.6) is 5.75 Å². The summed E-state index contributed by atoms with van der Waals surface area (Å²) < 4.78 is 58.0. The number of carbonyl (C=O) groups is 1. The van der Waals surface area contributed by atoms with Crippen molar-refractivity contribution in [3.05, 3.63) is 74.7 Å². The predicted octanol–water partition coefficient (Wildman–Crippen LogP) is 6.68. The molecule has 0 amide bonds. The lowest BCUT2D eigenvalue weighted by molar-refractivity contribution is -0.158. The van der Waals surface area contributed by atoms with E-state index < -0.39 is 25.3 Å². The summed E-state index contributed by atoms with van der Waals surface area (Å²) in [5, 5.41) is 0. The highest BCUT2D eigenvalue weighted by molar-refractivity contribution is 9.10. The summed E-state index contributed by atoms with van der Waals surface area (Å²) in [4.78, 5) is 25.5. The number of nitrogens with zero attached hydrogens (tertiary/aromatic N) is 2. The van der Waals surface area contributed by atoms with E-state index in [1.165, 1.54) is 6.07 Å². The third kappa shape index (κ3) is 6.69. The molecule has 13 heteroatoms. The van der Waals surface area contributed by atoms with Crippen molar-refractivity contribution in [3.63, 3.8) is 0 Å². The van der Waals surface area contributed by atoms with Crippen molar-refractivity contribution >= 4 is 29.5 Å². The third-order valence-electron chi connectivity index (χ3n) is 6.27. The molecule has 1 aliphatic rings. The molecule has 39 heavy (non-hydrogen) atoms. The van der Waals surface area contributed by atoms with Crippen LogP contribution in [-0.2, 0) is 36.3 Å². The fourth-order valence-corrected chi connectivity index (χ4v) is 5.69. The third-order valence-corrected chi connectivity index (χ3v) is 8.15. The molecule has 0 aliphatic heterocycles. The highest BCUT2D eigenvalue weighted by Gasteiger charge is 2.32. The summed E-state index contributed by atoms with van der Waals surface area (Å²) in [6.07, 6.45) is 3.06. The van der Waals surface area contributed by atoms with Crippen molar-refractivity contribution < 1.29 is 37.3 Å². The number of ether oxygens (including phenoxy) is 2. The van der Waals surface area contributed by atoms with Gasteiger partial charge in [-0.3, -0.25) is 13.7 Å². The average Bonchev–Trinajstić information content (AvgIpc) is 3.70. The molecule has 1 fully saturated rings. The highest BCUT2D eigenvalue weighted by Crippen LogP contribution is 2.53. The fraction of sp³-hybridized carbons (Fsp3) is 0.385. The van der Waals surface area contributed by atoms with E-state index in [2.05, 4.69) is 25.4 Å². The van der Waals surface area contributed by atoms with Crippen LogP contribution < -0.4 is 10.4 Å². The maximum absolute atomic E-state index is 13.3.